The minimum absolute atomic E-state index is 0.00500. The SMILES string of the molecule is COc1cc(N)ccc1S(=O)Cc1cc(F)cc(F)c1. The Morgan fingerprint density at radius 3 is 2.40 bits per heavy atom. The zero-order chi connectivity index (χ0) is 14.7. The van der Waals surface area contributed by atoms with E-state index in [1.54, 1.807) is 18.2 Å². The maximum absolute atomic E-state index is 13.1. The van der Waals surface area contributed by atoms with Gasteiger partial charge in [0.25, 0.3) is 0 Å². The topological polar surface area (TPSA) is 52.3 Å². The molecule has 2 aromatic rings. The van der Waals surface area contributed by atoms with Crippen LogP contribution in [0.3, 0.4) is 0 Å². The molecule has 3 nitrogen and oxygen atoms in total. The predicted octanol–water partition coefficient (Wildman–Crippen LogP) is 2.86. The maximum Gasteiger partial charge on any atom is 0.137 e. The molecule has 0 saturated carbocycles. The lowest BCUT2D eigenvalue weighted by Crippen LogP contribution is -2.01. The van der Waals surface area contributed by atoms with E-state index in [0.29, 0.717) is 21.9 Å². The van der Waals surface area contributed by atoms with E-state index in [1.165, 1.54) is 7.11 Å². The van der Waals surface area contributed by atoms with Gasteiger partial charge in [-0.2, -0.15) is 0 Å². The van der Waals surface area contributed by atoms with Crippen LogP contribution in [0.2, 0.25) is 0 Å². The molecule has 0 amide bonds. The van der Waals surface area contributed by atoms with Gasteiger partial charge in [-0.3, -0.25) is 4.21 Å². The second-order valence-electron chi connectivity index (χ2n) is 4.18. The van der Waals surface area contributed by atoms with Crippen LogP contribution >= 0.6 is 0 Å². The molecule has 0 aliphatic heterocycles. The van der Waals surface area contributed by atoms with Crippen LogP contribution in [0.4, 0.5) is 14.5 Å². The molecule has 2 N–H and O–H groups in total. The molecule has 1 unspecified atom stereocenters. The number of anilines is 1. The van der Waals surface area contributed by atoms with Gasteiger partial charge in [-0.25, -0.2) is 8.78 Å². The van der Waals surface area contributed by atoms with Gasteiger partial charge in [0, 0.05) is 17.8 Å². The quantitative estimate of drug-likeness (QED) is 0.883. The fourth-order valence-corrected chi connectivity index (χ4v) is 3.01. The van der Waals surface area contributed by atoms with Crippen LogP contribution in [-0.4, -0.2) is 11.3 Å². The number of methoxy groups -OCH3 is 1. The number of rotatable bonds is 4. The third kappa shape index (κ3) is 3.33. The summed E-state index contributed by atoms with van der Waals surface area (Å²) in [6, 6.07) is 7.83. The minimum atomic E-state index is -1.48. The number of hydrogen-bond acceptors (Lipinski definition) is 3. The van der Waals surface area contributed by atoms with Gasteiger partial charge in [0.15, 0.2) is 0 Å². The van der Waals surface area contributed by atoms with Crippen molar-refractivity contribution in [2.24, 2.45) is 0 Å². The van der Waals surface area contributed by atoms with Crippen LogP contribution < -0.4 is 10.5 Å². The first kappa shape index (κ1) is 14.5. The number of nitrogen functional groups attached to an aromatic ring is 1. The number of halogens is 2. The van der Waals surface area contributed by atoms with Crippen molar-refractivity contribution in [3.05, 3.63) is 53.6 Å². The summed E-state index contributed by atoms with van der Waals surface area (Å²) < 4.78 is 43.6. The van der Waals surface area contributed by atoms with Crippen molar-refractivity contribution in [3.63, 3.8) is 0 Å². The molecule has 0 saturated heterocycles. The Kier molecular flexibility index (Phi) is 4.34. The van der Waals surface area contributed by atoms with Crippen molar-refractivity contribution in [2.75, 3.05) is 12.8 Å². The van der Waals surface area contributed by atoms with Crippen molar-refractivity contribution in [3.8, 4) is 5.75 Å². The second kappa shape index (κ2) is 6.00. The summed E-state index contributed by atoms with van der Waals surface area (Å²) in [6.45, 7) is 0. The van der Waals surface area contributed by atoms with Gasteiger partial charge in [0.05, 0.1) is 28.6 Å². The highest BCUT2D eigenvalue weighted by atomic mass is 32.2. The Morgan fingerprint density at radius 2 is 1.80 bits per heavy atom. The maximum atomic E-state index is 13.1. The highest BCUT2D eigenvalue weighted by Crippen LogP contribution is 2.26. The number of ether oxygens (including phenoxy) is 1. The molecule has 106 valence electrons. The van der Waals surface area contributed by atoms with E-state index in [0.717, 1.165) is 18.2 Å². The molecule has 2 aromatic carbocycles. The van der Waals surface area contributed by atoms with Crippen LogP contribution in [0.25, 0.3) is 0 Å². The highest BCUT2D eigenvalue weighted by Gasteiger charge is 2.13. The van der Waals surface area contributed by atoms with E-state index in [2.05, 4.69) is 0 Å². The van der Waals surface area contributed by atoms with Gasteiger partial charge < -0.3 is 10.5 Å². The highest BCUT2D eigenvalue weighted by molar-refractivity contribution is 7.84. The summed E-state index contributed by atoms with van der Waals surface area (Å²) in [5.41, 5.74) is 6.42. The van der Waals surface area contributed by atoms with Crippen molar-refractivity contribution in [1.82, 2.24) is 0 Å². The van der Waals surface area contributed by atoms with Crippen LogP contribution in [0.1, 0.15) is 5.56 Å². The summed E-state index contributed by atoms with van der Waals surface area (Å²) in [5.74, 6) is -1.00. The van der Waals surface area contributed by atoms with Gasteiger partial charge in [0.2, 0.25) is 0 Å². The molecule has 0 radical (unpaired) electrons. The summed E-state index contributed by atoms with van der Waals surface area (Å²) in [5, 5.41) is 0. The smallest absolute Gasteiger partial charge is 0.137 e. The zero-order valence-electron chi connectivity index (χ0n) is 10.7. The Hall–Kier alpha value is -1.95. The molecule has 0 bridgehead atoms. The predicted molar refractivity (Wildman–Crippen MR) is 73.9 cm³/mol. The lowest BCUT2D eigenvalue weighted by molar-refractivity contribution is 0.404. The Bertz CT molecular complexity index is 641. The van der Waals surface area contributed by atoms with Gasteiger partial charge in [-0.1, -0.05) is 0 Å². The summed E-state index contributed by atoms with van der Waals surface area (Å²) in [6.07, 6.45) is 0. The number of hydrogen-bond donors (Lipinski definition) is 1. The van der Waals surface area contributed by atoms with E-state index >= 15 is 0 Å². The molecule has 0 aliphatic carbocycles. The Morgan fingerprint density at radius 1 is 1.15 bits per heavy atom. The average Bonchev–Trinajstić information content (AvgIpc) is 2.37. The number of benzene rings is 2. The molecule has 0 aliphatic rings. The van der Waals surface area contributed by atoms with Gasteiger partial charge in [0.1, 0.15) is 17.4 Å². The first-order valence-electron chi connectivity index (χ1n) is 5.76. The fraction of sp³-hybridized carbons (Fsp3) is 0.143. The molecule has 2 rings (SSSR count). The number of nitrogens with two attached hydrogens (primary N) is 1. The fourth-order valence-electron chi connectivity index (χ4n) is 1.80. The van der Waals surface area contributed by atoms with E-state index in [4.69, 9.17) is 10.5 Å². The van der Waals surface area contributed by atoms with Crippen molar-refractivity contribution < 1.29 is 17.7 Å². The van der Waals surface area contributed by atoms with Crippen molar-refractivity contribution >= 4 is 16.5 Å². The second-order valence-corrected chi connectivity index (χ2v) is 5.60. The van der Waals surface area contributed by atoms with E-state index < -0.39 is 22.4 Å². The largest absolute Gasteiger partial charge is 0.495 e. The van der Waals surface area contributed by atoms with Gasteiger partial charge >= 0.3 is 0 Å². The molecule has 6 heteroatoms. The molecule has 0 spiro atoms. The summed E-state index contributed by atoms with van der Waals surface area (Å²) in [7, 11) is -0.0427. The average molecular weight is 297 g/mol. The van der Waals surface area contributed by atoms with Crippen LogP contribution in [-0.2, 0) is 16.6 Å². The first-order valence-corrected chi connectivity index (χ1v) is 7.08. The van der Waals surface area contributed by atoms with E-state index in [-0.39, 0.29) is 5.75 Å². The van der Waals surface area contributed by atoms with Crippen LogP contribution in [0.15, 0.2) is 41.3 Å². The summed E-state index contributed by atoms with van der Waals surface area (Å²) >= 11 is 0. The molecule has 0 heterocycles. The van der Waals surface area contributed by atoms with E-state index in [9.17, 15) is 13.0 Å². The Labute approximate surface area is 117 Å². The molecule has 0 fully saturated rings. The standard InChI is InChI=1S/C14H13F2NO2S/c1-19-13-7-12(17)2-3-14(13)20(18)8-9-4-10(15)6-11(16)5-9/h2-7H,8,17H2,1H3. The third-order valence-corrected chi connectivity index (χ3v) is 4.08. The molecule has 1 atom stereocenters. The van der Waals surface area contributed by atoms with E-state index in [1.807, 2.05) is 0 Å². The normalized spacial score (nSPS) is 12.2. The van der Waals surface area contributed by atoms with Crippen LogP contribution in [0, 0.1) is 11.6 Å². The van der Waals surface area contributed by atoms with Gasteiger partial charge in [-0.05, 0) is 29.8 Å². The zero-order valence-corrected chi connectivity index (χ0v) is 11.5. The van der Waals surface area contributed by atoms with Gasteiger partial charge in [-0.15, -0.1) is 0 Å². The lowest BCUT2D eigenvalue weighted by atomic mass is 10.2. The molecule has 20 heavy (non-hydrogen) atoms. The van der Waals surface area contributed by atoms with Crippen LogP contribution in [0.5, 0.6) is 5.75 Å². The first-order chi connectivity index (χ1) is 9.49. The minimum Gasteiger partial charge on any atom is -0.495 e. The molecular weight excluding hydrogens is 284 g/mol. The molecular formula is C14H13F2NO2S. The van der Waals surface area contributed by atoms with Crippen molar-refractivity contribution in [1.29, 1.82) is 0 Å². The third-order valence-electron chi connectivity index (χ3n) is 2.65. The lowest BCUT2D eigenvalue weighted by Gasteiger charge is -2.09. The Balaban J connectivity index is 2.28. The molecule has 0 aromatic heterocycles. The monoisotopic (exact) mass is 297 g/mol. The van der Waals surface area contributed by atoms with Crippen molar-refractivity contribution in [2.45, 2.75) is 10.6 Å². The summed E-state index contributed by atoms with van der Waals surface area (Å²) in [4.78, 5) is 0.436.